The van der Waals surface area contributed by atoms with Gasteiger partial charge < -0.3 is 0 Å². The van der Waals surface area contributed by atoms with E-state index in [1.165, 1.54) is 121 Å². The number of benzene rings is 1. The van der Waals surface area contributed by atoms with Crippen molar-refractivity contribution in [2.45, 2.75) is 141 Å². The summed E-state index contributed by atoms with van der Waals surface area (Å²) in [6, 6.07) is 6.48. The Bertz CT molecular complexity index is 672. The molecule has 5 rings (SSSR count). The smallest absolute Gasteiger partial charge is 0.127 e. The van der Waals surface area contributed by atoms with Gasteiger partial charge in [0.15, 0.2) is 0 Å². The van der Waals surface area contributed by atoms with E-state index in [1.807, 2.05) is 6.07 Å². The first kappa shape index (κ1) is 23.3. The van der Waals surface area contributed by atoms with E-state index in [1.54, 1.807) is 0 Å². The Morgan fingerprint density at radius 1 is 0.806 bits per heavy atom. The summed E-state index contributed by atoms with van der Waals surface area (Å²) < 4.78 is 15.5. The molecule has 31 heavy (non-hydrogen) atoms. The maximum Gasteiger partial charge on any atom is 0.127 e. The molecule has 174 valence electrons. The van der Waals surface area contributed by atoms with Crippen molar-refractivity contribution in [1.82, 2.24) is 0 Å². The highest BCUT2D eigenvalue weighted by Crippen LogP contribution is 2.60. The van der Waals surface area contributed by atoms with Crippen molar-refractivity contribution in [3.8, 4) is 0 Å². The number of hydrogen-bond donors (Lipinski definition) is 0. The zero-order valence-corrected chi connectivity index (χ0v) is 20.5. The van der Waals surface area contributed by atoms with Gasteiger partial charge in [0.05, 0.1) is 0 Å². The van der Waals surface area contributed by atoms with E-state index >= 15 is 4.39 Å². The Kier molecular flexibility index (Phi) is 7.81. The molecule has 1 aromatic rings. The summed E-state index contributed by atoms with van der Waals surface area (Å²) in [4.78, 5) is 0. The molecule has 0 N–H and O–H groups in total. The molecule has 0 nitrogen and oxygen atoms in total. The standard InChI is InChI=1S/C30H47F/c1-3-5-7-9-24-10-12-25(13-11-24)26-14-15-27(28(31)23-26)30-20-17-29(18-21-30,19-22-30)16-8-6-4-2/h14-15,23-25H,3-13,16-22H2,1-2H3. The Hall–Kier alpha value is -0.850. The van der Waals surface area contributed by atoms with Gasteiger partial charge in [-0.1, -0.05) is 70.9 Å². The van der Waals surface area contributed by atoms with Crippen LogP contribution in [-0.2, 0) is 5.41 Å². The fraction of sp³-hybridized carbons (Fsp3) is 0.800. The molecule has 2 bridgehead atoms. The van der Waals surface area contributed by atoms with Gasteiger partial charge >= 0.3 is 0 Å². The maximum absolute atomic E-state index is 15.5. The second kappa shape index (κ2) is 10.4. The molecule has 1 heteroatoms. The van der Waals surface area contributed by atoms with Crippen LogP contribution >= 0.6 is 0 Å². The topological polar surface area (TPSA) is 0 Å². The Morgan fingerprint density at radius 2 is 1.45 bits per heavy atom. The number of fused-ring (bicyclic) bond motifs is 3. The summed E-state index contributed by atoms with van der Waals surface area (Å²) in [5, 5.41) is 0. The number of unbranched alkanes of at least 4 members (excludes halogenated alkanes) is 4. The van der Waals surface area contributed by atoms with Crippen LogP contribution in [0.4, 0.5) is 4.39 Å². The second-order valence-corrected chi connectivity index (χ2v) is 11.7. The third kappa shape index (κ3) is 5.22. The normalized spacial score (nSPS) is 33.0. The van der Waals surface area contributed by atoms with Gasteiger partial charge in [-0.3, -0.25) is 0 Å². The van der Waals surface area contributed by atoms with E-state index in [0.717, 1.165) is 11.5 Å². The van der Waals surface area contributed by atoms with Crippen LogP contribution in [0.25, 0.3) is 0 Å². The molecule has 0 radical (unpaired) electrons. The molecule has 0 atom stereocenters. The molecule has 0 aromatic heterocycles. The van der Waals surface area contributed by atoms with E-state index in [4.69, 9.17) is 0 Å². The summed E-state index contributed by atoms with van der Waals surface area (Å²) in [5.41, 5.74) is 3.09. The number of halogens is 1. The fourth-order valence-electron chi connectivity index (χ4n) is 7.48. The molecule has 0 aliphatic heterocycles. The molecule has 0 heterocycles. The summed E-state index contributed by atoms with van der Waals surface area (Å²) >= 11 is 0. The van der Waals surface area contributed by atoms with Crippen LogP contribution in [0.1, 0.15) is 146 Å². The Morgan fingerprint density at radius 3 is 2.06 bits per heavy atom. The monoisotopic (exact) mass is 426 g/mol. The zero-order chi connectivity index (χ0) is 21.7. The third-order valence-corrected chi connectivity index (χ3v) is 9.81. The lowest BCUT2D eigenvalue weighted by Gasteiger charge is -2.54. The van der Waals surface area contributed by atoms with E-state index in [0.29, 0.717) is 11.3 Å². The van der Waals surface area contributed by atoms with Crippen molar-refractivity contribution in [3.05, 3.63) is 35.1 Å². The van der Waals surface area contributed by atoms with Crippen LogP contribution in [0.5, 0.6) is 0 Å². The quantitative estimate of drug-likeness (QED) is 0.326. The molecular weight excluding hydrogens is 379 g/mol. The molecule has 0 amide bonds. The average Bonchev–Trinajstić information content (AvgIpc) is 2.81. The highest BCUT2D eigenvalue weighted by molar-refractivity contribution is 5.34. The first-order chi connectivity index (χ1) is 15.1. The molecule has 4 saturated carbocycles. The Balaban J connectivity index is 1.35. The van der Waals surface area contributed by atoms with Gasteiger partial charge in [0, 0.05) is 0 Å². The summed E-state index contributed by atoms with van der Waals surface area (Å²) in [6.45, 7) is 4.59. The first-order valence-electron chi connectivity index (χ1n) is 13.9. The van der Waals surface area contributed by atoms with Crippen LogP contribution in [0.3, 0.4) is 0 Å². The Labute approximate surface area is 191 Å². The third-order valence-electron chi connectivity index (χ3n) is 9.81. The minimum atomic E-state index is 0.114. The summed E-state index contributed by atoms with van der Waals surface area (Å²) in [7, 11) is 0. The van der Waals surface area contributed by atoms with Gasteiger partial charge in [0.1, 0.15) is 5.82 Å². The lowest BCUT2D eigenvalue weighted by molar-refractivity contribution is 0.0289. The fourth-order valence-corrected chi connectivity index (χ4v) is 7.48. The van der Waals surface area contributed by atoms with Gasteiger partial charge in [0.2, 0.25) is 0 Å². The largest absolute Gasteiger partial charge is 0.207 e. The predicted octanol–water partition coefficient (Wildman–Crippen LogP) is 9.85. The van der Waals surface area contributed by atoms with Crippen molar-refractivity contribution < 1.29 is 4.39 Å². The SMILES string of the molecule is CCCCCC1CCC(c2ccc(C34CCC(CCCCC)(CC3)CC4)c(F)c2)CC1. The molecule has 0 unspecified atom stereocenters. The van der Waals surface area contributed by atoms with Crippen LogP contribution in [-0.4, -0.2) is 0 Å². The van der Waals surface area contributed by atoms with Gasteiger partial charge in [-0.15, -0.1) is 0 Å². The minimum Gasteiger partial charge on any atom is -0.207 e. The predicted molar refractivity (Wildman–Crippen MR) is 131 cm³/mol. The molecular formula is C30H47F. The van der Waals surface area contributed by atoms with E-state index < -0.39 is 0 Å². The average molecular weight is 427 g/mol. The van der Waals surface area contributed by atoms with Gasteiger partial charge in [0.25, 0.3) is 0 Å². The highest BCUT2D eigenvalue weighted by Gasteiger charge is 2.49. The van der Waals surface area contributed by atoms with Crippen molar-refractivity contribution in [2.75, 3.05) is 0 Å². The lowest BCUT2D eigenvalue weighted by atomic mass is 9.51. The van der Waals surface area contributed by atoms with Crippen LogP contribution < -0.4 is 0 Å². The van der Waals surface area contributed by atoms with Crippen molar-refractivity contribution in [2.24, 2.45) is 11.3 Å². The molecule has 0 spiro atoms. The molecule has 0 saturated heterocycles. The summed E-state index contributed by atoms with van der Waals surface area (Å²) in [6.07, 6.45) is 23.9. The van der Waals surface area contributed by atoms with Gasteiger partial charge in [-0.05, 0) is 110 Å². The van der Waals surface area contributed by atoms with E-state index in [-0.39, 0.29) is 11.2 Å². The first-order valence-corrected chi connectivity index (χ1v) is 13.9. The van der Waals surface area contributed by atoms with Crippen LogP contribution in [0, 0.1) is 17.2 Å². The van der Waals surface area contributed by atoms with Gasteiger partial charge in [-0.2, -0.15) is 0 Å². The van der Waals surface area contributed by atoms with E-state index in [9.17, 15) is 0 Å². The second-order valence-electron chi connectivity index (χ2n) is 11.7. The molecule has 4 fully saturated rings. The van der Waals surface area contributed by atoms with Crippen LogP contribution in [0.15, 0.2) is 18.2 Å². The van der Waals surface area contributed by atoms with Crippen LogP contribution in [0.2, 0.25) is 0 Å². The summed E-state index contributed by atoms with van der Waals surface area (Å²) in [5.74, 6) is 1.63. The molecule has 1 aromatic carbocycles. The molecule has 4 aliphatic carbocycles. The van der Waals surface area contributed by atoms with E-state index in [2.05, 4.69) is 26.0 Å². The van der Waals surface area contributed by atoms with Gasteiger partial charge in [-0.25, -0.2) is 4.39 Å². The maximum atomic E-state index is 15.5. The number of hydrogen-bond acceptors (Lipinski definition) is 0. The molecule has 4 aliphatic rings. The van der Waals surface area contributed by atoms with Crippen molar-refractivity contribution in [3.63, 3.8) is 0 Å². The number of rotatable bonds is 10. The lowest BCUT2D eigenvalue weighted by Crippen LogP contribution is -2.44. The zero-order valence-electron chi connectivity index (χ0n) is 20.5. The van der Waals surface area contributed by atoms with Crippen molar-refractivity contribution >= 4 is 0 Å². The van der Waals surface area contributed by atoms with Crippen molar-refractivity contribution in [1.29, 1.82) is 0 Å². The minimum absolute atomic E-state index is 0.114. The highest BCUT2D eigenvalue weighted by atomic mass is 19.1.